The van der Waals surface area contributed by atoms with Crippen LogP contribution in [0.5, 0.6) is 0 Å². The molecule has 0 atom stereocenters. The van der Waals surface area contributed by atoms with E-state index in [-0.39, 0.29) is 0 Å². The fourth-order valence-corrected chi connectivity index (χ4v) is 2.17. The van der Waals surface area contributed by atoms with Gasteiger partial charge in [-0.1, -0.05) is 11.8 Å². The second-order valence-corrected chi connectivity index (χ2v) is 4.40. The topological polar surface area (TPSA) is 48.2 Å². The summed E-state index contributed by atoms with van der Waals surface area (Å²) in [6, 6.07) is 6.26. The summed E-state index contributed by atoms with van der Waals surface area (Å²) in [5, 5.41) is 12.3. The molecule has 1 aliphatic rings. The van der Waals surface area contributed by atoms with Crippen LogP contribution in [-0.4, -0.2) is 17.5 Å². The highest BCUT2D eigenvalue weighted by Crippen LogP contribution is 2.19. The van der Waals surface area contributed by atoms with Crippen molar-refractivity contribution in [3.63, 3.8) is 0 Å². The van der Waals surface area contributed by atoms with Crippen molar-refractivity contribution in [2.75, 3.05) is 17.6 Å². The van der Waals surface area contributed by atoms with Gasteiger partial charge in [-0.15, -0.1) is 0 Å². The predicted molar refractivity (Wildman–Crippen MR) is 64.1 cm³/mol. The average Bonchev–Trinajstić information content (AvgIpc) is 2.33. The summed E-state index contributed by atoms with van der Waals surface area (Å²) >= 11 is 1.58. The highest BCUT2D eigenvalue weighted by atomic mass is 32.2. The van der Waals surface area contributed by atoms with Gasteiger partial charge >= 0.3 is 0 Å². The van der Waals surface area contributed by atoms with E-state index in [0.29, 0.717) is 11.3 Å². The molecular formula is C11H10FN3S. The fraction of sp³-hybridized carbons (Fsp3) is 0.273. The Hall–Kier alpha value is -1.54. The molecule has 0 fully saturated rings. The van der Waals surface area contributed by atoms with Crippen LogP contribution in [0.15, 0.2) is 23.2 Å². The van der Waals surface area contributed by atoms with E-state index in [2.05, 4.69) is 10.3 Å². The fourth-order valence-electron chi connectivity index (χ4n) is 1.34. The maximum Gasteiger partial charge on any atom is 0.161 e. The Bertz CT molecular complexity index is 465. The molecule has 1 aromatic rings. The zero-order valence-corrected chi connectivity index (χ0v) is 9.35. The second-order valence-electron chi connectivity index (χ2n) is 3.32. The number of rotatable bonds is 1. The van der Waals surface area contributed by atoms with Crippen LogP contribution in [0.4, 0.5) is 10.1 Å². The van der Waals surface area contributed by atoms with Gasteiger partial charge in [-0.2, -0.15) is 5.26 Å². The largest absolute Gasteiger partial charge is 0.333 e. The number of nitriles is 1. The van der Waals surface area contributed by atoms with Crippen LogP contribution in [0.25, 0.3) is 0 Å². The van der Waals surface area contributed by atoms with Crippen molar-refractivity contribution in [1.29, 1.82) is 5.26 Å². The zero-order valence-electron chi connectivity index (χ0n) is 8.53. The minimum Gasteiger partial charge on any atom is -0.333 e. The third kappa shape index (κ3) is 2.52. The quantitative estimate of drug-likeness (QED) is 0.814. The number of hydrogen-bond acceptors (Lipinski definition) is 4. The van der Waals surface area contributed by atoms with Crippen LogP contribution < -0.4 is 5.32 Å². The Morgan fingerprint density at radius 2 is 2.38 bits per heavy atom. The van der Waals surface area contributed by atoms with Gasteiger partial charge in [0.05, 0.1) is 17.3 Å². The highest BCUT2D eigenvalue weighted by molar-refractivity contribution is 8.14. The predicted octanol–water partition coefficient (Wildman–Crippen LogP) is 2.60. The van der Waals surface area contributed by atoms with E-state index in [4.69, 9.17) is 5.26 Å². The smallest absolute Gasteiger partial charge is 0.161 e. The maximum absolute atomic E-state index is 13.5. The van der Waals surface area contributed by atoms with E-state index in [1.54, 1.807) is 23.9 Å². The van der Waals surface area contributed by atoms with Crippen molar-refractivity contribution in [3.05, 3.63) is 29.6 Å². The van der Waals surface area contributed by atoms with Gasteiger partial charge < -0.3 is 5.32 Å². The van der Waals surface area contributed by atoms with Gasteiger partial charge in [-0.25, -0.2) is 4.39 Å². The van der Waals surface area contributed by atoms with Gasteiger partial charge in [0.2, 0.25) is 0 Å². The molecule has 1 aromatic carbocycles. The third-order valence-electron chi connectivity index (χ3n) is 2.14. The summed E-state index contributed by atoms with van der Waals surface area (Å²) in [4.78, 5) is 4.25. The minimum absolute atomic E-state index is 0.321. The van der Waals surface area contributed by atoms with Crippen LogP contribution in [0, 0.1) is 17.1 Å². The second kappa shape index (κ2) is 4.99. The molecule has 0 unspecified atom stereocenters. The molecule has 0 saturated heterocycles. The molecule has 0 spiro atoms. The van der Waals surface area contributed by atoms with Crippen LogP contribution in [0.1, 0.15) is 12.0 Å². The molecule has 0 bridgehead atoms. The number of hydrogen-bond donors (Lipinski definition) is 1. The summed E-state index contributed by atoms with van der Waals surface area (Å²) in [6.45, 7) is 0.785. The van der Waals surface area contributed by atoms with Gasteiger partial charge in [0.15, 0.2) is 5.17 Å². The Morgan fingerprint density at radius 3 is 3.00 bits per heavy atom. The molecule has 3 nitrogen and oxygen atoms in total. The molecule has 0 radical (unpaired) electrons. The Morgan fingerprint density at radius 1 is 1.50 bits per heavy atom. The number of benzene rings is 1. The molecule has 0 saturated carbocycles. The van der Waals surface area contributed by atoms with Gasteiger partial charge in [0.25, 0.3) is 0 Å². The van der Waals surface area contributed by atoms with Crippen molar-refractivity contribution < 1.29 is 4.39 Å². The van der Waals surface area contributed by atoms with E-state index < -0.39 is 5.82 Å². The average molecular weight is 235 g/mol. The van der Waals surface area contributed by atoms with Crippen molar-refractivity contribution >= 4 is 22.6 Å². The zero-order chi connectivity index (χ0) is 11.4. The molecule has 2 rings (SSSR count). The first kappa shape index (κ1) is 11.0. The third-order valence-corrected chi connectivity index (χ3v) is 3.13. The molecule has 0 aliphatic carbocycles. The Kier molecular flexibility index (Phi) is 3.42. The van der Waals surface area contributed by atoms with Crippen LogP contribution in [-0.2, 0) is 0 Å². The van der Waals surface area contributed by atoms with Crippen molar-refractivity contribution in [3.8, 4) is 6.07 Å². The lowest BCUT2D eigenvalue weighted by Gasteiger charge is -2.13. The van der Waals surface area contributed by atoms with Gasteiger partial charge in [0.1, 0.15) is 5.82 Å². The van der Waals surface area contributed by atoms with Gasteiger partial charge in [0, 0.05) is 12.3 Å². The Balaban J connectivity index is 2.15. The minimum atomic E-state index is -0.423. The molecule has 0 amide bonds. The summed E-state index contributed by atoms with van der Waals surface area (Å²) in [6.07, 6.45) is 1.06. The normalized spacial score (nSPS) is 15.1. The van der Waals surface area contributed by atoms with E-state index in [1.807, 2.05) is 6.07 Å². The van der Waals surface area contributed by atoms with Crippen LogP contribution >= 0.6 is 11.8 Å². The van der Waals surface area contributed by atoms with E-state index in [9.17, 15) is 4.39 Å². The lowest BCUT2D eigenvalue weighted by Crippen LogP contribution is -2.14. The van der Waals surface area contributed by atoms with Crippen molar-refractivity contribution in [2.24, 2.45) is 4.99 Å². The molecule has 0 aromatic heterocycles. The first-order valence-corrected chi connectivity index (χ1v) is 5.92. The van der Waals surface area contributed by atoms with Gasteiger partial charge in [-0.05, 0) is 24.6 Å². The number of nitrogens with one attached hydrogen (secondary N) is 1. The maximum atomic E-state index is 13.5. The van der Waals surface area contributed by atoms with Crippen LogP contribution in [0.2, 0.25) is 0 Å². The number of anilines is 1. The van der Waals surface area contributed by atoms with E-state index in [1.165, 1.54) is 6.07 Å². The number of amidine groups is 1. The number of nitrogens with zero attached hydrogens (tertiary/aromatic N) is 2. The lowest BCUT2D eigenvalue weighted by atomic mass is 10.2. The first-order valence-electron chi connectivity index (χ1n) is 4.93. The van der Waals surface area contributed by atoms with Crippen LogP contribution in [0.3, 0.4) is 0 Å². The number of aliphatic imine (C=N–C) groups is 1. The molecule has 1 aliphatic heterocycles. The summed E-state index contributed by atoms with van der Waals surface area (Å²) in [7, 11) is 0. The van der Waals surface area contributed by atoms with E-state index in [0.717, 1.165) is 23.9 Å². The summed E-state index contributed by atoms with van der Waals surface area (Å²) < 4.78 is 13.5. The molecule has 1 heterocycles. The van der Waals surface area contributed by atoms with Crippen molar-refractivity contribution in [2.45, 2.75) is 6.42 Å². The number of halogens is 1. The standard InChI is InChI=1S/C11H10FN3S/c12-9-6-8(7-13)2-3-10(9)15-11-14-4-1-5-16-11/h2-3,6H,1,4-5H2,(H,14,15). The molecule has 82 valence electrons. The SMILES string of the molecule is N#Cc1ccc(NC2=NCCCS2)c(F)c1. The molecule has 16 heavy (non-hydrogen) atoms. The molecular weight excluding hydrogens is 225 g/mol. The summed E-state index contributed by atoms with van der Waals surface area (Å²) in [5.74, 6) is 0.580. The van der Waals surface area contributed by atoms with Crippen molar-refractivity contribution in [1.82, 2.24) is 0 Å². The number of thioether (sulfide) groups is 1. The highest BCUT2D eigenvalue weighted by Gasteiger charge is 2.09. The monoisotopic (exact) mass is 235 g/mol. The Labute approximate surface area is 97.4 Å². The summed E-state index contributed by atoms with van der Waals surface area (Å²) in [5.41, 5.74) is 0.688. The molecule has 1 N–H and O–H groups in total. The van der Waals surface area contributed by atoms with E-state index >= 15 is 0 Å². The molecule has 5 heteroatoms. The first-order chi connectivity index (χ1) is 7.79. The van der Waals surface area contributed by atoms with Gasteiger partial charge in [-0.3, -0.25) is 4.99 Å². The lowest BCUT2D eigenvalue weighted by molar-refractivity contribution is 0.632.